The standard InChI is InChI=1S/C21H28NS/c1-15-9-3-8-14-19(15)22-16(2)20(17-10-4-5-11-17)23-21(22)18-12-6-7-13-18/h3,8-9,14,17-18H,4-7,10-13H2,1-2H3/q+1. The second-order valence-electron chi connectivity index (χ2n) is 7.47. The number of aromatic nitrogens is 1. The number of thiazole rings is 1. The summed E-state index contributed by atoms with van der Waals surface area (Å²) >= 11 is 2.15. The summed E-state index contributed by atoms with van der Waals surface area (Å²) < 4.78 is 2.63. The minimum Gasteiger partial charge on any atom is -0.151 e. The Morgan fingerprint density at radius 1 is 0.870 bits per heavy atom. The molecule has 1 nitrogen and oxygen atoms in total. The van der Waals surface area contributed by atoms with Gasteiger partial charge in [-0.15, -0.1) is 0 Å². The Bertz CT molecular complexity index is 688. The Balaban J connectivity index is 1.86. The topological polar surface area (TPSA) is 3.88 Å². The smallest absolute Gasteiger partial charge is 0.151 e. The van der Waals surface area contributed by atoms with E-state index in [-0.39, 0.29) is 0 Å². The van der Waals surface area contributed by atoms with Crippen LogP contribution < -0.4 is 4.57 Å². The van der Waals surface area contributed by atoms with Gasteiger partial charge in [-0.2, -0.15) is 4.57 Å². The summed E-state index contributed by atoms with van der Waals surface area (Å²) in [5, 5.41) is 1.64. The number of rotatable bonds is 3. The lowest BCUT2D eigenvalue weighted by Gasteiger charge is -2.07. The summed E-state index contributed by atoms with van der Waals surface area (Å²) in [5.74, 6) is 1.61. The van der Waals surface area contributed by atoms with E-state index in [0.29, 0.717) is 0 Å². The van der Waals surface area contributed by atoms with Gasteiger partial charge < -0.3 is 0 Å². The molecule has 2 fully saturated rings. The van der Waals surface area contributed by atoms with Crippen LogP contribution in [-0.2, 0) is 0 Å². The van der Waals surface area contributed by atoms with E-state index in [1.165, 1.54) is 68.3 Å². The lowest BCUT2D eigenvalue weighted by atomic mass is 10.0. The first-order valence-corrected chi connectivity index (χ1v) is 10.2. The number of benzene rings is 1. The van der Waals surface area contributed by atoms with Crippen LogP contribution in [0.4, 0.5) is 0 Å². The molecule has 0 aliphatic heterocycles. The number of aryl methyl sites for hydroxylation is 1. The first kappa shape index (κ1) is 15.4. The van der Waals surface area contributed by atoms with Crippen molar-refractivity contribution in [1.29, 1.82) is 0 Å². The number of nitrogens with zero attached hydrogens (tertiary/aromatic N) is 1. The molecule has 0 atom stereocenters. The Kier molecular flexibility index (Phi) is 4.27. The number of hydrogen-bond acceptors (Lipinski definition) is 1. The molecule has 0 amide bonds. The van der Waals surface area contributed by atoms with Crippen LogP contribution >= 0.6 is 11.3 Å². The van der Waals surface area contributed by atoms with Gasteiger partial charge in [0.2, 0.25) is 10.7 Å². The summed E-state index contributed by atoms with van der Waals surface area (Å²) in [6.07, 6.45) is 11.2. The summed E-state index contributed by atoms with van der Waals surface area (Å²) in [4.78, 5) is 1.69. The molecule has 2 saturated carbocycles. The maximum atomic E-state index is 2.63. The fraction of sp³-hybridized carbons (Fsp3) is 0.571. The fourth-order valence-electron chi connectivity index (χ4n) is 4.63. The molecule has 122 valence electrons. The molecular formula is C21H28NS+. The molecule has 0 radical (unpaired) electrons. The molecule has 0 spiro atoms. The van der Waals surface area contributed by atoms with Gasteiger partial charge in [-0.1, -0.05) is 55.2 Å². The molecule has 2 heteroatoms. The Morgan fingerprint density at radius 3 is 2.13 bits per heavy atom. The van der Waals surface area contributed by atoms with Gasteiger partial charge in [0, 0.05) is 18.6 Å². The van der Waals surface area contributed by atoms with Crippen molar-refractivity contribution in [2.24, 2.45) is 0 Å². The highest BCUT2D eigenvalue weighted by Gasteiger charge is 2.36. The van der Waals surface area contributed by atoms with E-state index >= 15 is 0 Å². The molecule has 4 rings (SSSR count). The van der Waals surface area contributed by atoms with Gasteiger partial charge in [0.15, 0.2) is 5.69 Å². The van der Waals surface area contributed by atoms with Crippen molar-refractivity contribution in [2.75, 3.05) is 0 Å². The molecule has 1 aromatic carbocycles. The van der Waals surface area contributed by atoms with Gasteiger partial charge in [0.1, 0.15) is 0 Å². The predicted octanol–water partition coefficient (Wildman–Crippen LogP) is 5.96. The van der Waals surface area contributed by atoms with E-state index in [4.69, 9.17) is 0 Å². The third-order valence-electron chi connectivity index (χ3n) is 5.91. The molecule has 1 heterocycles. The molecular weight excluding hydrogens is 298 g/mol. The summed E-state index contributed by atoms with van der Waals surface area (Å²) in [6, 6.07) is 8.92. The Hall–Kier alpha value is -1.15. The fourth-order valence-corrected chi connectivity index (χ4v) is 6.22. The van der Waals surface area contributed by atoms with Crippen molar-refractivity contribution < 1.29 is 4.57 Å². The maximum absolute atomic E-state index is 2.63. The summed E-state index contributed by atoms with van der Waals surface area (Å²) in [7, 11) is 0. The van der Waals surface area contributed by atoms with Crippen LogP contribution in [0.15, 0.2) is 24.3 Å². The highest BCUT2D eigenvalue weighted by Crippen LogP contribution is 2.43. The van der Waals surface area contributed by atoms with Crippen LogP contribution in [0.1, 0.15) is 84.3 Å². The van der Waals surface area contributed by atoms with Crippen molar-refractivity contribution in [1.82, 2.24) is 0 Å². The minimum absolute atomic E-state index is 0.786. The SMILES string of the molecule is Cc1ccccc1-[n+]1c(C2CCCC2)sc(C2CCCC2)c1C. The molecule has 0 N–H and O–H groups in total. The largest absolute Gasteiger partial charge is 0.246 e. The molecule has 0 unspecified atom stereocenters. The van der Waals surface area contributed by atoms with Gasteiger partial charge in [0.05, 0.1) is 10.8 Å². The van der Waals surface area contributed by atoms with Crippen molar-refractivity contribution >= 4 is 11.3 Å². The van der Waals surface area contributed by atoms with E-state index in [1.54, 1.807) is 9.88 Å². The molecule has 1 aromatic heterocycles. The van der Waals surface area contributed by atoms with E-state index in [0.717, 1.165) is 11.8 Å². The van der Waals surface area contributed by atoms with Crippen LogP contribution in [0.3, 0.4) is 0 Å². The lowest BCUT2D eigenvalue weighted by molar-refractivity contribution is -0.607. The van der Waals surface area contributed by atoms with Crippen molar-refractivity contribution in [3.63, 3.8) is 0 Å². The quantitative estimate of drug-likeness (QED) is 0.613. The van der Waals surface area contributed by atoms with E-state index in [2.05, 4.69) is 54.0 Å². The zero-order valence-electron chi connectivity index (χ0n) is 14.5. The molecule has 2 aromatic rings. The van der Waals surface area contributed by atoms with Gasteiger partial charge in [-0.05, 0) is 38.5 Å². The normalized spacial score (nSPS) is 19.7. The summed E-state index contributed by atoms with van der Waals surface area (Å²) in [6.45, 7) is 4.63. The highest BCUT2D eigenvalue weighted by atomic mass is 32.1. The highest BCUT2D eigenvalue weighted by molar-refractivity contribution is 7.11. The molecule has 0 saturated heterocycles. The van der Waals surface area contributed by atoms with Crippen molar-refractivity contribution in [3.8, 4) is 5.69 Å². The lowest BCUT2D eigenvalue weighted by Crippen LogP contribution is -2.38. The van der Waals surface area contributed by atoms with E-state index < -0.39 is 0 Å². The van der Waals surface area contributed by atoms with Gasteiger partial charge in [-0.25, -0.2) is 0 Å². The zero-order chi connectivity index (χ0) is 15.8. The summed E-state index contributed by atoms with van der Waals surface area (Å²) in [5.41, 5.74) is 4.33. The van der Waals surface area contributed by atoms with Crippen LogP contribution in [0.5, 0.6) is 0 Å². The minimum atomic E-state index is 0.786. The van der Waals surface area contributed by atoms with Gasteiger partial charge in [-0.3, -0.25) is 0 Å². The van der Waals surface area contributed by atoms with E-state index in [9.17, 15) is 0 Å². The van der Waals surface area contributed by atoms with Gasteiger partial charge >= 0.3 is 0 Å². The molecule has 0 bridgehead atoms. The van der Waals surface area contributed by atoms with Crippen molar-refractivity contribution in [3.05, 3.63) is 45.4 Å². The first-order chi connectivity index (χ1) is 11.3. The molecule has 23 heavy (non-hydrogen) atoms. The van der Waals surface area contributed by atoms with Crippen molar-refractivity contribution in [2.45, 2.75) is 77.0 Å². The second kappa shape index (κ2) is 6.39. The monoisotopic (exact) mass is 326 g/mol. The van der Waals surface area contributed by atoms with E-state index in [1.807, 2.05) is 0 Å². The van der Waals surface area contributed by atoms with Gasteiger partial charge in [0.25, 0.3) is 0 Å². The molecule has 2 aliphatic carbocycles. The molecule has 2 aliphatic rings. The van der Waals surface area contributed by atoms with Crippen LogP contribution in [0.2, 0.25) is 0 Å². The van der Waals surface area contributed by atoms with Crippen LogP contribution in [-0.4, -0.2) is 0 Å². The third kappa shape index (κ3) is 2.76. The third-order valence-corrected chi connectivity index (χ3v) is 7.49. The first-order valence-electron chi connectivity index (χ1n) is 9.37. The van der Waals surface area contributed by atoms with Crippen LogP contribution in [0, 0.1) is 13.8 Å². The average Bonchev–Trinajstić information content (AvgIpc) is 3.28. The average molecular weight is 327 g/mol. The number of para-hydroxylation sites is 1. The Morgan fingerprint density at radius 2 is 1.48 bits per heavy atom. The maximum Gasteiger partial charge on any atom is 0.246 e. The predicted molar refractivity (Wildman–Crippen MR) is 97.7 cm³/mol. The zero-order valence-corrected chi connectivity index (χ0v) is 15.3. The second-order valence-corrected chi connectivity index (χ2v) is 8.54. The Labute approximate surface area is 144 Å². The number of hydrogen-bond donors (Lipinski definition) is 0. The van der Waals surface area contributed by atoms with Crippen LogP contribution in [0.25, 0.3) is 5.69 Å².